The van der Waals surface area contributed by atoms with Gasteiger partial charge in [0.25, 0.3) is 5.91 Å². The van der Waals surface area contributed by atoms with Crippen molar-refractivity contribution in [1.29, 1.82) is 0 Å². The summed E-state index contributed by atoms with van der Waals surface area (Å²) in [6.45, 7) is 1.49. The largest absolute Gasteiger partial charge is 0.506 e. The molecule has 0 aromatic heterocycles. The molecule has 0 unspecified atom stereocenters. The molecule has 2 rings (SSSR count). The summed E-state index contributed by atoms with van der Waals surface area (Å²) in [5.41, 5.74) is 0.0929. The summed E-state index contributed by atoms with van der Waals surface area (Å²) >= 11 is 0. The van der Waals surface area contributed by atoms with E-state index >= 15 is 0 Å². The summed E-state index contributed by atoms with van der Waals surface area (Å²) in [5, 5.41) is 12.3. The summed E-state index contributed by atoms with van der Waals surface area (Å²) in [6, 6.07) is 8.86. The van der Waals surface area contributed by atoms with E-state index in [1.807, 2.05) is 0 Å². The highest BCUT2D eigenvalue weighted by atomic mass is 32.2. The molecule has 2 aromatic carbocycles. The van der Waals surface area contributed by atoms with Crippen LogP contribution in [0.15, 0.2) is 52.3 Å². The number of benzene rings is 2. The van der Waals surface area contributed by atoms with Crippen molar-refractivity contribution in [3.63, 3.8) is 0 Å². The highest BCUT2D eigenvalue weighted by molar-refractivity contribution is 7.91. The van der Waals surface area contributed by atoms with Gasteiger partial charge in [-0.05, 0) is 42.5 Å². The Hall–Kier alpha value is -2.43. The van der Waals surface area contributed by atoms with Crippen LogP contribution in [0.5, 0.6) is 5.75 Å². The van der Waals surface area contributed by atoms with Crippen molar-refractivity contribution in [2.45, 2.75) is 16.7 Å². The average Bonchev–Trinajstić information content (AvgIpc) is 2.63. The van der Waals surface area contributed by atoms with Crippen LogP contribution in [0.25, 0.3) is 0 Å². The van der Waals surface area contributed by atoms with Crippen molar-refractivity contribution in [1.82, 2.24) is 4.31 Å². The van der Waals surface area contributed by atoms with Gasteiger partial charge in [0.2, 0.25) is 10.0 Å². The van der Waals surface area contributed by atoms with Crippen LogP contribution < -0.4 is 5.32 Å². The number of anilines is 1. The topological polar surface area (TPSA) is 121 Å². The first kappa shape index (κ1) is 20.9. The molecule has 2 N–H and O–H groups in total. The van der Waals surface area contributed by atoms with Crippen LogP contribution in [-0.2, 0) is 19.9 Å². The van der Waals surface area contributed by atoms with E-state index in [4.69, 9.17) is 0 Å². The molecule has 0 spiro atoms. The number of sulfonamides is 1. The van der Waals surface area contributed by atoms with E-state index in [0.717, 1.165) is 4.31 Å². The van der Waals surface area contributed by atoms with E-state index in [2.05, 4.69) is 5.32 Å². The molecular weight excluding hydrogens is 392 g/mol. The fraction of sp³-hybridized carbons (Fsp3) is 0.235. The molecule has 0 aliphatic rings. The Morgan fingerprint density at radius 1 is 1.00 bits per heavy atom. The second-order valence-electron chi connectivity index (χ2n) is 5.85. The van der Waals surface area contributed by atoms with Gasteiger partial charge in [0, 0.05) is 19.7 Å². The van der Waals surface area contributed by atoms with E-state index in [1.165, 1.54) is 63.5 Å². The molecule has 0 atom stereocenters. The first-order valence-corrected chi connectivity index (χ1v) is 11.0. The fourth-order valence-electron chi connectivity index (χ4n) is 2.16. The maximum absolute atomic E-state index is 12.4. The number of carbonyl (C=O) groups is 1. The predicted molar refractivity (Wildman–Crippen MR) is 101 cm³/mol. The summed E-state index contributed by atoms with van der Waals surface area (Å²) in [7, 11) is -4.32. The van der Waals surface area contributed by atoms with Crippen molar-refractivity contribution in [3.8, 4) is 5.75 Å². The Morgan fingerprint density at radius 3 is 2.07 bits per heavy atom. The quantitative estimate of drug-likeness (QED) is 0.697. The van der Waals surface area contributed by atoms with Crippen LogP contribution in [0.1, 0.15) is 17.3 Å². The number of rotatable bonds is 6. The third-order valence-corrected chi connectivity index (χ3v) is 7.41. The minimum Gasteiger partial charge on any atom is -0.506 e. The lowest BCUT2D eigenvalue weighted by Gasteiger charge is -2.12. The number of hydrogen-bond acceptors (Lipinski definition) is 6. The molecule has 0 saturated carbocycles. The number of hydrogen-bond donors (Lipinski definition) is 2. The molecule has 0 fully saturated rings. The van der Waals surface area contributed by atoms with Crippen molar-refractivity contribution in [3.05, 3.63) is 48.0 Å². The van der Waals surface area contributed by atoms with Gasteiger partial charge in [0.1, 0.15) is 5.75 Å². The zero-order chi connectivity index (χ0) is 20.4. The van der Waals surface area contributed by atoms with Crippen molar-refractivity contribution < 1.29 is 26.7 Å². The van der Waals surface area contributed by atoms with E-state index in [0.29, 0.717) is 0 Å². The Bertz CT molecular complexity index is 1060. The summed E-state index contributed by atoms with van der Waals surface area (Å²) in [5.74, 6) is -1.03. The number of sulfone groups is 1. The zero-order valence-corrected chi connectivity index (χ0v) is 16.6. The Balaban J connectivity index is 2.29. The molecule has 10 heteroatoms. The Labute approximate surface area is 158 Å². The smallest absolute Gasteiger partial charge is 0.255 e. The van der Waals surface area contributed by atoms with E-state index in [-0.39, 0.29) is 32.5 Å². The molecule has 8 nitrogen and oxygen atoms in total. The van der Waals surface area contributed by atoms with Crippen LogP contribution >= 0.6 is 0 Å². The molecule has 0 aliphatic carbocycles. The van der Waals surface area contributed by atoms with Crippen molar-refractivity contribution in [2.75, 3.05) is 25.2 Å². The second kappa shape index (κ2) is 7.67. The number of phenolic OH excluding ortho intramolecular Hbond substituents is 1. The molecule has 1 amide bonds. The van der Waals surface area contributed by atoms with Gasteiger partial charge in [-0.3, -0.25) is 4.79 Å². The molecule has 0 saturated heterocycles. The highest BCUT2D eigenvalue weighted by Crippen LogP contribution is 2.27. The molecule has 0 heterocycles. The molecule has 146 valence electrons. The van der Waals surface area contributed by atoms with Crippen LogP contribution in [0.2, 0.25) is 0 Å². The lowest BCUT2D eigenvalue weighted by Crippen LogP contribution is -2.22. The van der Waals surface area contributed by atoms with Crippen LogP contribution in [0.4, 0.5) is 5.69 Å². The third-order valence-electron chi connectivity index (χ3n) is 3.85. The Kier molecular flexibility index (Phi) is 5.93. The highest BCUT2D eigenvalue weighted by Gasteiger charge is 2.19. The molecule has 2 aromatic rings. The Morgan fingerprint density at radius 2 is 1.56 bits per heavy atom. The lowest BCUT2D eigenvalue weighted by atomic mass is 10.2. The van der Waals surface area contributed by atoms with Crippen molar-refractivity contribution >= 4 is 31.5 Å². The van der Waals surface area contributed by atoms with Crippen LogP contribution in [0, 0.1) is 0 Å². The summed E-state index contributed by atoms with van der Waals surface area (Å²) in [6.07, 6.45) is 0. The first-order valence-electron chi connectivity index (χ1n) is 7.88. The normalized spacial score (nSPS) is 12.1. The number of nitrogens with zero attached hydrogens (tertiary/aromatic N) is 1. The van der Waals surface area contributed by atoms with E-state index in [1.54, 1.807) is 0 Å². The van der Waals surface area contributed by atoms with Crippen LogP contribution in [-0.4, -0.2) is 52.0 Å². The maximum Gasteiger partial charge on any atom is 0.255 e. The van der Waals surface area contributed by atoms with Gasteiger partial charge in [-0.2, -0.15) is 0 Å². The number of aromatic hydroxyl groups is 1. The molecule has 27 heavy (non-hydrogen) atoms. The molecular formula is C17H20N2O6S2. The number of amides is 1. The standard InChI is InChI=1S/C17H20N2O6S2/c1-4-26(22,23)14-9-10-16(20)15(11-14)18-17(21)12-5-7-13(8-6-12)27(24,25)19(2)3/h5-11,20H,4H2,1-3H3,(H,18,21). The van der Waals surface area contributed by atoms with Gasteiger partial charge < -0.3 is 10.4 Å². The molecule has 0 radical (unpaired) electrons. The maximum atomic E-state index is 12.4. The van der Waals surface area contributed by atoms with Gasteiger partial charge in [-0.15, -0.1) is 0 Å². The average molecular weight is 412 g/mol. The van der Waals surface area contributed by atoms with Crippen molar-refractivity contribution in [2.24, 2.45) is 0 Å². The first-order chi connectivity index (χ1) is 12.5. The minimum atomic E-state index is -3.61. The number of carbonyl (C=O) groups excluding carboxylic acids is 1. The van der Waals surface area contributed by atoms with Crippen LogP contribution in [0.3, 0.4) is 0 Å². The number of nitrogens with one attached hydrogen (secondary N) is 1. The van der Waals surface area contributed by atoms with Gasteiger partial charge >= 0.3 is 0 Å². The van der Waals surface area contributed by atoms with Gasteiger partial charge in [0.15, 0.2) is 9.84 Å². The van der Waals surface area contributed by atoms with E-state index < -0.39 is 25.8 Å². The van der Waals surface area contributed by atoms with Gasteiger partial charge in [-0.25, -0.2) is 21.1 Å². The second-order valence-corrected chi connectivity index (χ2v) is 10.3. The summed E-state index contributed by atoms with van der Waals surface area (Å²) < 4.78 is 49.0. The molecule has 0 aliphatic heterocycles. The number of phenols is 1. The molecule has 0 bridgehead atoms. The van der Waals surface area contributed by atoms with E-state index in [9.17, 15) is 26.7 Å². The zero-order valence-electron chi connectivity index (χ0n) is 15.0. The third kappa shape index (κ3) is 4.46. The predicted octanol–water partition coefficient (Wildman–Crippen LogP) is 1.69. The monoisotopic (exact) mass is 412 g/mol. The van der Waals surface area contributed by atoms with Gasteiger partial charge in [-0.1, -0.05) is 6.92 Å². The lowest BCUT2D eigenvalue weighted by molar-refractivity contribution is 0.102. The SMILES string of the molecule is CCS(=O)(=O)c1ccc(O)c(NC(=O)c2ccc(S(=O)(=O)N(C)C)cc2)c1. The van der Waals surface area contributed by atoms with Gasteiger partial charge in [0.05, 0.1) is 21.2 Å². The summed E-state index contributed by atoms with van der Waals surface area (Å²) in [4.78, 5) is 12.4. The minimum absolute atomic E-state index is 0.0227. The fourth-order valence-corrected chi connectivity index (χ4v) is 3.97.